The van der Waals surface area contributed by atoms with Crippen LogP contribution in [0.25, 0.3) is 6.08 Å². The van der Waals surface area contributed by atoms with Crippen molar-refractivity contribution in [3.8, 4) is 11.5 Å². The maximum Gasteiger partial charge on any atom is 0.231 e. The summed E-state index contributed by atoms with van der Waals surface area (Å²) < 4.78 is 10.7. The number of benzene rings is 1. The van der Waals surface area contributed by atoms with Gasteiger partial charge in [-0.1, -0.05) is 24.3 Å². The number of ether oxygens (including phenoxy) is 2. The summed E-state index contributed by atoms with van der Waals surface area (Å²) in [7, 11) is 2.15. The largest absolute Gasteiger partial charge is 0.454 e. The Kier molecular flexibility index (Phi) is 3.07. The van der Waals surface area contributed by atoms with Crippen molar-refractivity contribution in [2.45, 2.75) is 6.42 Å². The van der Waals surface area contributed by atoms with E-state index >= 15 is 0 Å². The maximum absolute atomic E-state index is 5.37. The Morgan fingerprint density at radius 1 is 1.17 bits per heavy atom. The summed E-state index contributed by atoms with van der Waals surface area (Å²) in [6, 6.07) is 6.04. The predicted octanol–water partition coefficient (Wildman–Crippen LogP) is 2.69. The van der Waals surface area contributed by atoms with E-state index in [0.717, 1.165) is 36.6 Å². The minimum Gasteiger partial charge on any atom is -0.454 e. The van der Waals surface area contributed by atoms with Crippen molar-refractivity contribution < 1.29 is 9.47 Å². The van der Waals surface area contributed by atoms with Gasteiger partial charge in [-0.25, -0.2) is 0 Å². The Bertz CT molecular complexity index is 505. The zero-order valence-electron chi connectivity index (χ0n) is 10.6. The van der Waals surface area contributed by atoms with Gasteiger partial charge in [0.2, 0.25) is 6.79 Å². The molecule has 0 N–H and O–H groups in total. The fourth-order valence-electron chi connectivity index (χ4n) is 2.16. The molecule has 0 amide bonds. The quantitative estimate of drug-likeness (QED) is 0.797. The minimum atomic E-state index is 0.333. The second-order valence-electron chi connectivity index (χ2n) is 4.74. The second kappa shape index (κ2) is 4.86. The molecule has 0 unspecified atom stereocenters. The molecule has 0 saturated heterocycles. The first-order valence-electron chi connectivity index (χ1n) is 6.26. The zero-order valence-corrected chi connectivity index (χ0v) is 10.6. The molecule has 94 valence electrons. The van der Waals surface area contributed by atoms with Crippen LogP contribution in [0.5, 0.6) is 11.5 Å². The lowest BCUT2D eigenvalue weighted by Crippen LogP contribution is -2.23. The fraction of sp³-hybridized carbons (Fsp3) is 0.333. The molecule has 1 aromatic carbocycles. The van der Waals surface area contributed by atoms with E-state index in [1.165, 1.54) is 5.57 Å². The topological polar surface area (TPSA) is 21.7 Å². The number of fused-ring (bicyclic) bond motifs is 1. The summed E-state index contributed by atoms with van der Waals surface area (Å²) in [6.07, 6.45) is 7.74. The minimum absolute atomic E-state index is 0.333. The molecule has 0 atom stereocenters. The van der Waals surface area contributed by atoms with Crippen LogP contribution in [0, 0.1) is 0 Å². The van der Waals surface area contributed by atoms with E-state index in [1.54, 1.807) is 0 Å². The first-order chi connectivity index (χ1) is 8.81. The van der Waals surface area contributed by atoms with E-state index in [-0.39, 0.29) is 0 Å². The normalized spacial score (nSPS) is 19.3. The van der Waals surface area contributed by atoms with Crippen LogP contribution in [0.4, 0.5) is 0 Å². The van der Waals surface area contributed by atoms with Gasteiger partial charge in [0.25, 0.3) is 0 Å². The van der Waals surface area contributed by atoms with Gasteiger partial charge in [-0.05, 0) is 36.7 Å². The first kappa shape index (κ1) is 11.4. The Morgan fingerprint density at radius 3 is 2.89 bits per heavy atom. The number of likely N-dealkylation sites (N-methyl/N-ethyl adjacent to an activating group) is 1. The van der Waals surface area contributed by atoms with Crippen LogP contribution in [0.3, 0.4) is 0 Å². The van der Waals surface area contributed by atoms with Gasteiger partial charge >= 0.3 is 0 Å². The van der Waals surface area contributed by atoms with Crippen molar-refractivity contribution in [3.05, 3.63) is 41.5 Å². The SMILES string of the molecule is CN1CC=C(C=Cc2ccc3c(c2)OCO3)CC1. The number of hydrogen-bond acceptors (Lipinski definition) is 3. The van der Waals surface area contributed by atoms with Gasteiger partial charge in [-0.15, -0.1) is 0 Å². The summed E-state index contributed by atoms with van der Waals surface area (Å²) >= 11 is 0. The summed E-state index contributed by atoms with van der Waals surface area (Å²) in [5.74, 6) is 1.68. The Hall–Kier alpha value is -1.74. The lowest BCUT2D eigenvalue weighted by Gasteiger charge is -2.20. The number of nitrogens with zero attached hydrogens (tertiary/aromatic N) is 1. The van der Waals surface area contributed by atoms with Crippen LogP contribution < -0.4 is 9.47 Å². The third-order valence-corrected chi connectivity index (χ3v) is 3.33. The highest BCUT2D eigenvalue weighted by Gasteiger charge is 2.12. The molecular formula is C15H17NO2. The Balaban J connectivity index is 1.73. The third-order valence-electron chi connectivity index (χ3n) is 3.33. The van der Waals surface area contributed by atoms with Gasteiger partial charge in [-0.2, -0.15) is 0 Å². The van der Waals surface area contributed by atoms with Gasteiger partial charge in [-0.3, -0.25) is 0 Å². The molecule has 18 heavy (non-hydrogen) atoms. The van der Waals surface area contributed by atoms with Crippen molar-refractivity contribution in [2.75, 3.05) is 26.9 Å². The van der Waals surface area contributed by atoms with E-state index in [1.807, 2.05) is 12.1 Å². The standard InChI is InChI=1S/C15H17NO2/c1-16-8-6-12(7-9-16)2-3-13-4-5-14-15(10-13)18-11-17-14/h2-6,10H,7-9,11H2,1H3. The van der Waals surface area contributed by atoms with Gasteiger partial charge in [0.05, 0.1) is 0 Å². The monoisotopic (exact) mass is 243 g/mol. The Labute approximate surface area is 107 Å². The molecule has 3 nitrogen and oxygen atoms in total. The lowest BCUT2D eigenvalue weighted by atomic mass is 10.1. The number of allylic oxidation sites excluding steroid dienone is 1. The highest BCUT2D eigenvalue weighted by atomic mass is 16.7. The summed E-state index contributed by atoms with van der Waals surface area (Å²) in [5.41, 5.74) is 2.56. The van der Waals surface area contributed by atoms with Crippen molar-refractivity contribution >= 4 is 6.08 Å². The molecular weight excluding hydrogens is 226 g/mol. The van der Waals surface area contributed by atoms with Gasteiger partial charge < -0.3 is 14.4 Å². The summed E-state index contributed by atoms with van der Waals surface area (Å²) in [6.45, 7) is 2.51. The highest BCUT2D eigenvalue weighted by Crippen LogP contribution is 2.32. The van der Waals surface area contributed by atoms with Crippen molar-refractivity contribution in [2.24, 2.45) is 0 Å². The molecule has 0 saturated carbocycles. The molecule has 2 aliphatic rings. The Morgan fingerprint density at radius 2 is 2.06 bits per heavy atom. The molecule has 0 aromatic heterocycles. The molecule has 3 rings (SSSR count). The average Bonchev–Trinajstić information content (AvgIpc) is 2.85. The molecule has 2 aliphatic heterocycles. The van der Waals surface area contributed by atoms with E-state index in [4.69, 9.17) is 9.47 Å². The summed E-state index contributed by atoms with van der Waals surface area (Å²) in [4.78, 5) is 2.32. The van der Waals surface area contributed by atoms with Crippen LogP contribution in [0.1, 0.15) is 12.0 Å². The maximum atomic E-state index is 5.37. The van der Waals surface area contributed by atoms with Crippen molar-refractivity contribution in [1.29, 1.82) is 0 Å². The molecule has 0 fully saturated rings. The molecule has 0 bridgehead atoms. The van der Waals surface area contributed by atoms with Crippen LogP contribution >= 0.6 is 0 Å². The first-order valence-corrected chi connectivity index (χ1v) is 6.26. The smallest absolute Gasteiger partial charge is 0.231 e. The van der Waals surface area contributed by atoms with Crippen LogP contribution in [-0.4, -0.2) is 31.8 Å². The second-order valence-corrected chi connectivity index (χ2v) is 4.74. The molecule has 0 radical (unpaired) electrons. The lowest BCUT2D eigenvalue weighted by molar-refractivity contribution is 0.174. The fourth-order valence-corrected chi connectivity index (χ4v) is 2.16. The molecule has 0 aliphatic carbocycles. The van der Waals surface area contributed by atoms with Gasteiger partial charge in [0, 0.05) is 13.1 Å². The number of hydrogen-bond donors (Lipinski definition) is 0. The van der Waals surface area contributed by atoms with E-state index in [2.05, 4.69) is 36.2 Å². The van der Waals surface area contributed by atoms with Crippen molar-refractivity contribution in [3.63, 3.8) is 0 Å². The summed E-state index contributed by atoms with van der Waals surface area (Å²) in [5, 5.41) is 0. The van der Waals surface area contributed by atoms with E-state index in [9.17, 15) is 0 Å². The molecule has 2 heterocycles. The highest BCUT2D eigenvalue weighted by molar-refractivity contribution is 5.58. The van der Waals surface area contributed by atoms with E-state index < -0.39 is 0 Å². The molecule has 3 heteroatoms. The average molecular weight is 243 g/mol. The van der Waals surface area contributed by atoms with Crippen LogP contribution in [-0.2, 0) is 0 Å². The predicted molar refractivity (Wildman–Crippen MR) is 71.8 cm³/mol. The molecule has 1 aromatic rings. The molecule has 0 spiro atoms. The van der Waals surface area contributed by atoms with E-state index in [0.29, 0.717) is 6.79 Å². The van der Waals surface area contributed by atoms with Crippen LogP contribution in [0.2, 0.25) is 0 Å². The number of rotatable bonds is 2. The van der Waals surface area contributed by atoms with Crippen LogP contribution in [0.15, 0.2) is 35.9 Å². The van der Waals surface area contributed by atoms with Gasteiger partial charge in [0.1, 0.15) is 0 Å². The van der Waals surface area contributed by atoms with Gasteiger partial charge in [0.15, 0.2) is 11.5 Å². The zero-order chi connectivity index (χ0) is 12.4. The van der Waals surface area contributed by atoms with Crippen molar-refractivity contribution in [1.82, 2.24) is 4.90 Å². The third kappa shape index (κ3) is 2.41.